The van der Waals surface area contributed by atoms with Crippen molar-refractivity contribution in [2.75, 3.05) is 20.3 Å². The molecule has 2 aromatic heterocycles. The molecule has 1 aliphatic rings. The Bertz CT molecular complexity index is 1720. The maximum Gasteiger partial charge on any atom is 0.338 e. The molecule has 0 bridgehead atoms. The summed E-state index contributed by atoms with van der Waals surface area (Å²) in [4.78, 5) is 33.5. The van der Waals surface area contributed by atoms with Gasteiger partial charge in [-0.05, 0) is 49.1 Å². The van der Waals surface area contributed by atoms with Gasteiger partial charge in [-0.25, -0.2) is 9.79 Å². The SMILES string of the molecule is CCOC(=O)C1=C(c2ccccc2)N=c2s/c(=C\c3cc(Cl)c(OCC)c(OC)c3)c(=O)n2[C@H]1c1cccs1. The smallest absolute Gasteiger partial charge is 0.338 e. The number of aromatic nitrogens is 1. The van der Waals surface area contributed by atoms with Crippen LogP contribution in [0.25, 0.3) is 11.8 Å². The highest BCUT2D eigenvalue weighted by Gasteiger charge is 2.35. The first-order valence-corrected chi connectivity index (χ1v) is 14.4. The van der Waals surface area contributed by atoms with E-state index in [2.05, 4.69) is 0 Å². The Balaban J connectivity index is 1.76. The molecule has 0 aliphatic carbocycles. The molecule has 39 heavy (non-hydrogen) atoms. The highest BCUT2D eigenvalue weighted by Crippen LogP contribution is 2.38. The van der Waals surface area contributed by atoms with Crippen LogP contribution in [0.2, 0.25) is 5.02 Å². The van der Waals surface area contributed by atoms with E-state index in [1.807, 2.05) is 54.8 Å². The summed E-state index contributed by atoms with van der Waals surface area (Å²) in [5.74, 6) is 0.413. The number of hydrogen-bond acceptors (Lipinski definition) is 8. The Morgan fingerprint density at radius 3 is 2.59 bits per heavy atom. The summed E-state index contributed by atoms with van der Waals surface area (Å²) in [6.45, 7) is 4.25. The van der Waals surface area contributed by atoms with Gasteiger partial charge in [0.2, 0.25) is 0 Å². The number of carbonyl (C=O) groups is 1. The summed E-state index contributed by atoms with van der Waals surface area (Å²) in [6, 6.07) is 16.1. The van der Waals surface area contributed by atoms with Gasteiger partial charge in [0.15, 0.2) is 16.3 Å². The average Bonchev–Trinajstić information content (AvgIpc) is 3.58. The Morgan fingerprint density at radius 1 is 1.13 bits per heavy atom. The van der Waals surface area contributed by atoms with E-state index in [4.69, 9.17) is 30.8 Å². The topological polar surface area (TPSA) is 79.1 Å². The fourth-order valence-corrected chi connectivity index (χ4v) is 6.51. The summed E-state index contributed by atoms with van der Waals surface area (Å²) in [7, 11) is 1.54. The van der Waals surface area contributed by atoms with E-state index < -0.39 is 12.0 Å². The first kappa shape index (κ1) is 26.9. The van der Waals surface area contributed by atoms with E-state index in [1.54, 1.807) is 29.7 Å². The number of rotatable bonds is 8. The van der Waals surface area contributed by atoms with Crippen LogP contribution >= 0.6 is 34.3 Å². The molecule has 5 rings (SSSR count). The molecule has 0 N–H and O–H groups in total. The van der Waals surface area contributed by atoms with Gasteiger partial charge in [-0.1, -0.05) is 59.3 Å². The molecular formula is C29H25ClN2O5S2. The first-order chi connectivity index (χ1) is 19.0. The fourth-order valence-electron chi connectivity index (χ4n) is 4.42. The molecule has 0 amide bonds. The average molecular weight is 581 g/mol. The number of esters is 1. The van der Waals surface area contributed by atoms with Crippen LogP contribution in [-0.4, -0.2) is 30.9 Å². The molecule has 3 heterocycles. The molecule has 0 unspecified atom stereocenters. The molecule has 0 saturated carbocycles. The molecule has 0 radical (unpaired) electrons. The number of thiazole rings is 1. The zero-order valence-corrected chi connectivity index (χ0v) is 23.9. The second kappa shape index (κ2) is 11.6. The van der Waals surface area contributed by atoms with Gasteiger partial charge >= 0.3 is 5.97 Å². The molecule has 7 nitrogen and oxygen atoms in total. The lowest BCUT2D eigenvalue weighted by Gasteiger charge is -2.24. The standard InChI is InChI=1S/C29H25ClN2O5S2/c1-4-36-26-19(30)14-17(15-20(26)35-3)16-22-27(33)32-25(21-12-9-13-38-21)23(28(34)37-5-2)24(31-29(32)39-22)18-10-7-6-8-11-18/h6-16,25H,4-5H2,1-3H3/b22-16-/t25-/m0/s1. The Morgan fingerprint density at radius 2 is 1.92 bits per heavy atom. The zero-order chi connectivity index (χ0) is 27.5. The lowest BCUT2D eigenvalue weighted by Crippen LogP contribution is -2.39. The van der Waals surface area contributed by atoms with Crippen LogP contribution in [0.5, 0.6) is 11.5 Å². The summed E-state index contributed by atoms with van der Waals surface area (Å²) < 4.78 is 18.6. The van der Waals surface area contributed by atoms with Crippen LogP contribution in [0.15, 0.2) is 75.3 Å². The van der Waals surface area contributed by atoms with E-state index in [9.17, 15) is 9.59 Å². The molecule has 0 fully saturated rings. The van der Waals surface area contributed by atoms with Gasteiger partial charge in [0.25, 0.3) is 5.56 Å². The maximum absolute atomic E-state index is 13.9. The summed E-state index contributed by atoms with van der Waals surface area (Å²) in [6.07, 6.45) is 1.75. The largest absolute Gasteiger partial charge is 0.493 e. The first-order valence-electron chi connectivity index (χ1n) is 12.3. The molecule has 4 aromatic rings. The third kappa shape index (κ3) is 5.17. The van der Waals surface area contributed by atoms with Crippen LogP contribution in [-0.2, 0) is 9.53 Å². The number of hydrogen-bond donors (Lipinski definition) is 0. The van der Waals surface area contributed by atoms with Crippen molar-refractivity contribution in [2.45, 2.75) is 19.9 Å². The number of carbonyl (C=O) groups excluding carboxylic acids is 1. The van der Waals surface area contributed by atoms with Crippen molar-refractivity contribution in [3.63, 3.8) is 0 Å². The minimum absolute atomic E-state index is 0.201. The van der Waals surface area contributed by atoms with Crippen molar-refractivity contribution in [3.05, 3.63) is 106 Å². The number of ether oxygens (including phenoxy) is 3. The van der Waals surface area contributed by atoms with Crippen LogP contribution in [0.4, 0.5) is 0 Å². The number of fused-ring (bicyclic) bond motifs is 1. The minimum Gasteiger partial charge on any atom is -0.493 e. The Labute approximate surface area is 237 Å². The van der Waals surface area contributed by atoms with Gasteiger partial charge in [-0.3, -0.25) is 9.36 Å². The van der Waals surface area contributed by atoms with E-state index in [0.717, 1.165) is 10.4 Å². The second-order valence-electron chi connectivity index (χ2n) is 8.41. The number of thiophene rings is 1. The second-order valence-corrected chi connectivity index (χ2v) is 10.8. The molecule has 2 aromatic carbocycles. The summed E-state index contributed by atoms with van der Waals surface area (Å²) in [5, 5.41) is 2.30. The Kier molecular flexibility index (Phi) is 8.02. The zero-order valence-electron chi connectivity index (χ0n) is 21.5. The highest BCUT2D eigenvalue weighted by atomic mass is 35.5. The lowest BCUT2D eigenvalue weighted by molar-refractivity contribution is -0.138. The van der Waals surface area contributed by atoms with Crippen LogP contribution < -0.4 is 24.4 Å². The van der Waals surface area contributed by atoms with Crippen LogP contribution in [0.3, 0.4) is 0 Å². The Hall–Kier alpha value is -3.66. The van der Waals surface area contributed by atoms with Crippen LogP contribution in [0.1, 0.15) is 35.9 Å². The fraction of sp³-hybridized carbons (Fsp3) is 0.207. The predicted molar refractivity (Wildman–Crippen MR) is 155 cm³/mol. The number of halogens is 1. The van der Waals surface area contributed by atoms with E-state index in [1.165, 1.54) is 29.8 Å². The van der Waals surface area contributed by atoms with Crippen molar-refractivity contribution in [1.29, 1.82) is 0 Å². The van der Waals surface area contributed by atoms with Crippen molar-refractivity contribution in [1.82, 2.24) is 4.57 Å². The van der Waals surface area contributed by atoms with Gasteiger partial charge in [-0.15, -0.1) is 11.3 Å². The predicted octanol–water partition coefficient (Wildman–Crippen LogP) is 5.06. The molecule has 1 aliphatic heterocycles. The molecule has 200 valence electrons. The lowest BCUT2D eigenvalue weighted by atomic mass is 9.97. The molecular weight excluding hydrogens is 556 g/mol. The van der Waals surface area contributed by atoms with E-state index in [0.29, 0.717) is 49.3 Å². The molecule has 10 heteroatoms. The molecule has 0 saturated heterocycles. The summed E-state index contributed by atoms with van der Waals surface area (Å²) in [5.41, 5.74) is 1.99. The van der Waals surface area contributed by atoms with Gasteiger partial charge in [-0.2, -0.15) is 0 Å². The monoisotopic (exact) mass is 580 g/mol. The summed E-state index contributed by atoms with van der Waals surface area (Å²) >= 11 is 9.20. The van der Waals surface area contributed by atoms with E-state index >= 15 is 0 Å². The van der Waals surface area contributed by atoms with Gasteiger partial charge in [0.1, 0.15) is 6.04 Å². The van der Waals surface area contributed by atoms with Crippen molar-refractivity contribution in [2.24, 2.45) is 4.99 Å². The van der Waals surface area contributed by atoms with Gasteiger partial charge < -0.3 is 14.2 Å². The maximum atomic E-state index is 13.9. The third-order valence-corrected chi connectivity index (χ3v) is 8.21. The van der Waals surface area contributed by atoms with Crippen molar-refractivity contribution >= 4 is 52.0 Å². The normalized spacial score (nSPS) is 15.1. The highest BCUT2D eigenvalue weighted by molar-refractivity contribution is 7.10. The number of nitrogens with zero attached hydrogens (tertiary/aromatic N) is 2. The quantitative estimate of drug-likeness (QED) is 0.272. The van der Waals surface area contributed by atoms with E-state index in [-0.39, 0.29) is 12.2 Å². The van der Waals surface area contributed by atoms with Crippen molar-refractivity contribution in [3.8, 4) is 11.5 Å². The van der Waals surface area contributed by atoms with Crippen LogP contribution in [0, 0.1) is 0 Å². The third-order valence-electron chi connectivity index (χ3n) is 6.02. The molecule has 1 atom stereocenters. The van der Waals surface area contributed by atoms with Gasteiger partial charge in [0, 0.05) is 10.4 Å². The van der Waals surface area contributed by atoms with Gasteiger partial charge in [0.05, 0.1) is 41.1 Å². The van der Waals surface area contributed by atoms with Crippen molar-refractivity contribution < 1.29 is 19.0 Å². The minimum atomic E-state index is -0.684. The number of benzene rings is 2. The molecule has 0 spiro atoms. The number of methoxy groups -OCH3 is 1.